The number of nitrogens with one attached hydrogen (secondary N) is 2. The van der Waals surface area contributed by atoms with Crippen LogP contribution in [0.25, 0.3) is 0 Å². The summed E-state index contributed by atoms with van der Waals surface area (Å²) in [6.45, 7) is 3.48. The van der Waals surface area contributed by atoms with Crippen LogP contribution in [0.4, 0.5) is 0 Å². The summed E-state index contributed by atoms with van der Waals surface area (Å²) < 4.78 is 22.9. The first-order chi connectivity index (χ1) is 8.87. The standard InChI is InChI=1S/C12H25N3O2S2/c1-12(6-9-19(16,17)10-12)15-11(18)14-8-5-3-2-4-7-13/h2-10,13H2,1H3,(H2,14,15,18)/t12-/m0/s1. The molecule has 4 N–H and O–H groups in total. The third-order valence-electron chi connectivity index (χ3n) is 3.34. The predicted molar refractivity (Wildman–Crippen MR) is 82.9 cm³/mol. The maximum absolute atomic E-state index is 11.5. The maximum atomic E-state index is 11.5. The molecule has 0 amide bonds. The zero-order chi connectivity index (χ0) is 14.4. The molecule has 1 saturated heterocycles. The zero-order valence-corrected chi connectivity index (χ0v) is 13.2. The summed E-state index contributed by atoms with van der Waals surface area (Å²) in [5.74, 6) is 0.413. The number of rotatable bonds is 7. The van der Waals surface area contributed by atoms with E-state index >= 15 is 0 Å². The first-order valence-corrected chi connectivity index (χ1v) is 9.06. The second-order valence-corrected chi connectivity index (χ2v) is 8.08. The Labute approximate surface area is 121 Å². The minimum atomic E-state index is -2.90. The Morgan fingerprint density at radius 3 is 2.58 bits per heavy atom. The lowest BCUT2D eigenvalue weighted by Gasteiger charge is -2.26. The van der Waals surface area contributed by atoms with Crippen molar-refractivity contribution in [1.82, 2.24) is 10.6 Å². The fraction of sp³-hybridized carbons (Fsp3) is 0.917. The molecule has 0 aromatic heterocycles. The van der Waals surface area contributed by atoms with Gasteiger partial charge in [0.15, 0.2) is 14.9 Å². The average molecular weight is 307 g/mol. The molecular weight excluding hydrogens is 282 g/mol. The van der Waals surface area contributed by atoms with Crippen molar-refractivity contribution >= 4 is 27.2 Å². The molecule has 0 bridgehead atoms. The molecule has 1 rings (SSSR count). The normalized spacial score (nSPS) is 25.2. The maximum Gasteiger partial charge on any atom is 0.166 e. The van der Waals surface area contributed by atoms with E-state index in [1.807, 2.05) is 6.92 Å². The minimum Gasteiger partial charge on any atom is -0.363 e. The molecule has 1 aliphatic heterocycles. The van der Waals surface area contributed by atoms with Crippen LogP contribution in [0.1, 0.15) is 39.0 Å². The highest BCUT2D eigenvalue weighted by Crippen LogP contribution is 2.22. The molecule has 0 radical (unpaired) electrons. The Morgan fingerprint density at radius 2 is 2.00 bits per heavy atom. The van der Waals surface area contributed by atoms with E-state index in [9.17, 15) is 8.42 Å². The predicted octanol–water partition coefficient (Wildman–Crippen LogP) is 0.547. The molecule has 1 aliphatic rings. The van der Waals surface area contributed by atoms with Gasteiger partial charge in [-0.15, -0.1) is 0 Å². The molecule has 0 aromatic carbocycles. The van der Waals surface area contributed by atoms with Crippen LogP contribution < -0.4 is 16.4 Å². The minimum absolute atomic E-state index is 0.165. The Balaban J connectivity index is 2.18. The molecular formula is C12H25N3O2S2. The average Bonchev–Trinajstić information content (AvgIpc) is 2.57. The van der Waals surface area contributed by atoms with Gasteiger partial charge in [0, 0.05) is 6.54 Å². The number of sulfone groups is 1. The highest BCUT2D eigenvalue weighted by atomic mass is 32.2. The summed E-state index contributed by atoms with van der Waals surface area (Å²) in [7, 11) is -2.90. The largest absolute Gasteiger partial charge is 0.363 e. The van der Waals surface area contributed by atoms with Crippen molar-refractivity contribution in [3.8, 4) is 0 Å². The van der Waals surface area contributed by atoms with Crippen molar-refractivity contribution in [2.75, 3.05) is 24.6 Å². The molecule has 19 heavy (non-hydrogen) atoms. The monoisotopic (exact) mass is 307 g/mol. The first-order valence-electron chi connectivity index (χ1n) is 6.83. The van der Waals surface area contributed by atoms with Crippen molar-refractivity contribution in [3.63, 3.8) is 0 Å². The summed E-state index contributed by atoms with van der Waals surface area (Å²) in [6, 6.07) is 0. The molecule has 0 aliphatic carbocycles. The van der Waals surface area contributed by atoms with Crippen LogP contribution in [0.3, 0.4) is 0 Å². The highest BCUT2D eigenvalue weighted by Gasteiger charge is 2.38. The van der Waals surface area contributed by atoms with E-state index in [1.54, 1.807) is 0 Å². The third-order valence-corrected chi connectivity index (χ3v) is 5.48. The number of hydrogen-bond donors (Lipinski definition) is 3. The number of thiocarbonyl (C=S) groups is 1. The van der Waals surface area contributed by atoms with E-state index in [0.717, 1.165) is 38.8 Å². The van der Waals surface area contributed by atoms with Crippen molar-refractivity contribution < 1.29 is 8.42 Å². The van der Waals surface area contributed by atoms with Gasteiger partial charge in [-0.25, -0.2) is 8.42 Å². The molecule has 0 unspecified atom stereocenters. The SMILES string of the molecule is C[C@]1(NC(=S)NCCCCCCN)CCS(=O)(=O)C1. The van der Waals surface area contributed by atoms with Crippen LogP contribution in [0.2, 0.25) is 0 Å². The van der Waals surface area contributed by atoms with Gasteiger partial charge in [-0.05, 0) is 44.9 Å². The van der Waals surface area contributed by atoms with E-state index in [-0.39, 0.29) is 11.5 Å². The Morgan fingerprint density at radius 1 is 1.32 bits per heavy atom. The van der Waals surface area contributed by atoms with E-state index in [0.29, 0.717) is 11.5 Å². The van der Waals surface area contributed by atoms with Crippen LogP contribution in [0, 0.1) is 0 Å². The molecule has 1 heterocycles. The van der Waals surface area contributed by atoms with E-state index in [2.05, 4.69) is 10.6 Å². The summed E-state index contributed by atoms with van der Waals surface area (Å²) in [6.07, 6.45) is 5.02. The molecule has 1 fully saturated rings. The van der Waals surface area contributed by atoms with Crippen LogP contribution in [-0.2, 0) is 9.84 Å². The van der Waals surface area contributed by atoms with Gasteiger partial charge in [-0.3, -0.25) is 0 Å². The van der Waals surface area contributed by atoms with Gasteiger partial charge in [0.1, 0.15) is 0 Å². The van der Waals surface area contributed by atoms with E-state index < -0.39 is 15.4 Å². The van der Waals surface area contributed by atoms with Gasteiger partial charge >= 0.3 is 0 Å². The van der Waals surface area contributed by atoms with Gasteiger partial charge in [0.25, 0.3) is 0 Å². The van der Waals surface area contributed by atoms with Gasteiger partial charge in [0.2, 0.25) is 0 Å². The molecule has 0 aromatic rings. The smallest absolute Gasteiger partial charge is 0.166 e. The molecule has 0 spiro atoms. The Bertz CT molecular complexity index is 398. The summed E-state index contributed by atoms with van der Waals surface area (Å²) >= 11 is 5.20. The second-order valence-electron chi connectivity index (χ2n) is 5.49. The third kappa shape index (κ3) is 6.54. The highest BCUT2D eigenvalue weighted by molar-refractivity contribution is 7.91. The van der Waals surface area contributed by atoms with Gasteiger partial charge in [0.05, 0.1) is 17.0 Å². The Kier molecular flexibility index (Phi) is 6.49. The van der Waals surface area contributed by atoms with Gasteiger partial charge in [-0.1, -0.05) is 12.8 Å². The van der Waals surface area contributed by atoms with Crippen molar-refractivity contribution in [3.05, 3.63) is 0 Å². The van der Waals surface area contributed by atoms with Crippen LogP contribution in [0.15, 0.2) is 0 Å². The summed E-state index contributed by atoms with van der Waals surface area (Å²) in [4.78, 5) is 0. The molecule has 0 saturated carbocycles. The van der Waals surface area contributed by atoms with Crippen molar-refractivity contribution in [2.45, 2.75) is 44.6 Å². The lowest BCUT2D eigenvalue weighted by Crippen LogP contribution is -2.51. The van der Waals surface area contributed by atoms with E-state index in [4.69, 9.17) is 18.0 Å². The fourth-order valence-corrected chi connectivity index (χ4v) is 4.69. The number of hydrogen-bond acceptors (Lipinski definition) is 4. The zero-order valence-electron chi connectivity index (χ0n) is 11.6. The first kappa shape index (κ1) is 16.7. The number of nitrogens with two attached hydrogens (primary N) is 1. The van der Waals surface area contributed by atoms with Gasteiger partial charge in [-0.2, -0.15) is 0 Å². The number of unbranched alkanes of at least 4 members (excludes halogenated alkanes) is 3. The Hall–Kier alpha value is -0.400. The van der Waals surface area contributed by atoms with E-state index in [1.165, 1.54) is 0 Å². The van der Waals surface area contributed by atoms with Crippen LogP contribution in [0.5, 0.6) is 0 Å². The topological polar surface area (TPSA) is 84.2 Å². The van der Waals surface area contributed by atoms with Crippen molar-refractivity contribution in [1.29, 1.82) is 0 Å². The molecule has 7 heteroatoms. The lowest BCUT2D eigenvalue weighted by atomic mass is 10.0. The lowest BCUT2D eigenvalue weighted by molar-refractivity contribution is 0.467. The van der Waals surface area contributed by atoms with Crippen molar-refractivity contribution in [2.24, 2.45) is 5.73 Å². The fourth-order valence-electron chi connectivity index (χ4n) is 2.25. The van der Waals surface area contributed by atoms with Crippen LogP contribution in [-0.4, -0.2) is 43.7 Å². The molecule has 5 nitrogen and oxygen atoms in total. The van der Waals surface area contributed by atoms with Crippen LogP contribution >= 0.6 is 12.2 Å². The molecule has 1 atom stereocenters. The van der Waals surface area contributed by atoms with Gasteiger partial charge < -0.3 is 16.4 Å². The summed E-state index contributed by atoms with van der Waals surface area (Å²) in [5.41, 5.74) is 5.01. The second kappa shape index (κ2) is 7.40. The quantitative estimate of drug-likeness (QED) is 0.470. The summed E-state index contributed by atoms with van der Waals surface area (Å²) in [5, 5.41) is 6.82. The molecule has 112 valence electrons.